The van der Waals surface area contributed by atoms with Crippen molar-refractivity contribution in [1.29, 1.82) is 0 Å². The van der Waals surface area contributed by atoms with E-state index in [9.17, 15) is 17.6 Å². The van der Waals surface area contributed by atoms with Crippen molar-refractivity contribution in [3.05, 3.63) is 88.8 Å². The van der Waals surface area contributed by atoms with Crippen LogP contribution in [-0.2, 0) is 17.3 Å². The van der Waals surface area contributed by atoms with Gasteiger partial charge in [-0.05, 0) is 26.0 Å². The third-order valence-electron chi connectivity index (χ3n) is 7.11. The number of alkyl halides is 3. The Morgan fingerprint density at radius 2 is 1.56 bits per heavy atom. The number of hydrogen-bond donors (Lipinski definition) is 0. The van der Waals surface area contributed by atoms with E-state index in [-0.39, 0.29) is 22.6 Å². The molecule has 0 saturated heterocycles. The molecule has 7 heterocycles. The molecule has 4 aromatic heterocycles. The standard InChI is InChI=1S/C23H13F6N5/c1-21(2)12-6-3-5-11-16-10(9-14(24)30-18(16)25)22(33(11)12)17-19(26)31-20(23(27,28)29)32(17)15-8-4-7-13(21)34(15)22/h3-9H,1-2H3/q+2/t22-/m0/s1. The number of halogens is 6. The molecule has 4 aromatic rings. The second-order valence-electron chi connectivity index (χ2n) is 9.10. The predicted octanol–water partition coefficient (Wildman–Crippen LogP) is 3.51. The lowest BCUT2D eigenvalue weighted by Gasteiger charge is -2.33. The molecule has 7 rings (SSSR count). The molecule has 34 heavy (non-hydrogen) atoms. The molecule has 1 spiro atoms. The maximum absolute atomic E-state index is 15.6. The second-order valence-corrected chi connectivity index (χ2v) is 9.10. The van der Waals surface area contributed by atoms with E-state index in [0.29, 0.717) is 16.0 Å². The average molecular weight is 473 g/mol. The molecule has 0 amide bonds. The second kappa shape index (κ2) is 5.48. The van der Waals surface area contributed by atoms with Gasteiger partial charge in [-0.15, -0.1) is 4.57 Å². The molecule has 0 N–H and O–H groups in total. The first-order chi connectivity index (χ1) is 16.0. The lowest BCUT2D eigenvalue weighted by molar-refractivity contribution is -0.972. The van der Waals surface area contributed by atoms with Gasteiger partial charge in [-0.1, -0.05) is 6.07 Å². The molecule has 0 bridgehead atoms. The van der Waals surface area contributed by atoms with Crippen molar-refractivity contribution in [3.8, 4) is 17.1 Å². The number of pyridine rings is 3. The minimum atomic E-state index is -4.98. The van der Waals surface area contributed by atoms with E-state index in [1.54, 1.807) is 34.9 Å². The molecule has 3 aliphatic rings. The van der Waals surface area contributed by atoms with Crippen LogP contribution in [0.4, 0.5) is 26.3 Å². The SMILES string of the molecule is CC1(C)c2cccc3[n+]2[C@]2(c4cc(F)nc(F)c4-3)c3c(F)nc(C(F)(F)F)n3-c3cccc1[n+]32. The first-order valence-electron chi connectivity index (χ1n) is 10.4. The number of aromatic nitrogens is 5. The zero-order chi connectivity index (χ0) is 23.9. The topological polar surface area (TPSA) is 38.5 Å². The van der Waals surface area contributed by atoms with Gasteiger partial charge in [0.1, 0.15) is 22.2 Å². The summed E-state index contributed by atoms with van der Waals surface area (Å²) in [5, 5.41) is 0. The summed E-state index contributed by atoms with van der Waals surface area (Å²) in [7, 11) is 0. The van der Waals surface area contributed by atoms with Crippen LogP contribution in [0.1, 0.15) is 42.3 Å². The van der Waals surface area contributed by atoms with Gasteiger partial charge in [-0.3, -0.25) is 0 Å². The van der Waals surface area contributed by atoms with Crippen LogP contribution in [0.15, 0.2) is 42.5 Å². The average Bonchev–Trinajstić information content (AvgIpc) is 3.36. The van der Waals surface area contributed by atoms with Crippen molar-refractivity contribution in [2.45, 2.75) is 31.1 Å². The fraction of sp³-hybridized carbons (Fsp3) is 0.217. The molecule has 0 aliphatic carbocycles. The largest absolute Gasteiger partial charge is 0.473 e. The molecule has 1 atom stereocenters. The molecule has 3 aliphatic heterocycles. The van der Waals surface area contributed by atoms with E-state index in [4.69, 9.17) is 0 Å². The third kappa shape index (κ3) is 1.86. The summed E-state index contributed by atoms with van der Waals surface area (Å²) in [6.45, 7) is 3.74. The van der Waals surface area contributed by atoms with Crippen LogP contribution in [0.25, 0.3) is 17.1 Å². The molecular formula is C23H13F6N5+2. The Morgan fingerprint density at radius 3 is 2.26 bits per heavy atom. The Labute approximate surface area is 187 Å². The Morgan fingerprint density at radius 1 is 0.882 bits per heavy atom. The fourth-order valence-electron chi connectivity index (χ4n) is 5.96. The van der Waals surface area contributed by atoms with Gasteiger partial charge in [-0.25, -0.2) is 0 Å². The summed E-state index contributed by atoms with van der Waals surface area (Å²) in [6.07, 6.45) is -4.98. The summed E-state index contributed by atoms with van der Waals surface area (Å²) >= 11 is 0. The van der Waals surface area contributed by atoms with Gasteiger partial charge in [0.15, 0.2) is 0 Å². The molecule has 0 saturated carbocycles. The van der Waals surface area contributed by atoms with Gasteiger partial charge in [0.25, 0.3) is 17.5 Å². The molecule has 5 nitrogen and oxygen atoms in total. The van der Waals surface area contributed by atoms with Crippen LogP contribution in [0.5, 0.6) is 0 Å². The number of imidazole rings is 1. The number of hydrogen-bond acceptors (Lipinski definition) is 2. The normalized spacial score (nSPS) is 20.1. The lowest BCUT2D eigenvalue weighted by Crippen LogP contribution is -2.79. The predicted molar refractivity (Wildman–Crippen MR) is 102 cm³/mol. The molecule has 0 aromatic carbocycles. The fourth-order valence-corrected chi connectivity index (χ4v) is 5.96. The van der Waals surface area contributed by atoms with E-state index in [1.807, 2.05) is 13.8 Å². The van der Waals surface area contributed by atoms with Crippen LogP contribution in [0.2, 0.25) is 0 Å². The van der Waals surface area contributed by atoms with E-state index in [2.05, 4.69) is 9.97 Å². The summed E-state index contributed by atoms with van der Waals surface area (Å²) in [5.41, 5.74) is -1.89. The first kappa shape index (κ1) is 19.7. The highest BCUT2D eigenvalue weighted by Crippen LogP contribution is 2.51. The van der Waals surface area contributed by atoms with Crippen molar-refractivity contribution < 1.29 is 35.5 Å². The zero-order valence-corrected chi connectivity index (χ0v) is 17.5. The van der Waals surface area contributed by atoms with E-state index >= 15 is 8.78 Å². The summed E-state index contributed by atoms with van der Waals surface area (Å²) in [5.74, 6) is -5.14. The van der Waals surface area contributed by atoms with Crippen LogP contribution < -0.4 is 9.13 Å². The van der Waals surface area contributed by atoms with E-state index in [0.717, 1.165) is 6.07 Å². The number of nitrogens with zero attached hydrogens (tertiary/aromatic N) is 5. The van der Waals surface area contributed by atoms with Crippen LogP contribution >= 0.6 is 0 Å². The van der Waals surface area contributed by atoms with E-state index < -0.39 is 46.6 Å². The van der Waals surface area contributed by atoms with Gasteiger partial charge in [0.2, 0.25) is 23.3 Å². The summed E-state index contributed by atoms with van der Waals surface area (Å²) < 4.78 is 91.2. The highest BCUT2D eigenvalue weighted by Gasteiger charge is 2.75. The highest BCUT2D eigenvalue weighted by atomic mass is 19.4. The molecule has 0 radical (unpaired) electrons. The summed E-state index contributed by atoms with van der Waals surface area (Å²) in [4.78, 5) is 6.55. The maximum Gasteiger partial charge on any atom is 0.473 e. The quantitative estimate of drug-likeness (QED) is 0.193. The lowest BCUT2D eigenvalue weighted by atomic mass is 9.79. The molecule has 170 valence electrons. The van der Waals surface area contributed by atoms with Crippen molar-refractivity contribution in [1.82, 2.24) is 14.5 Å². The Bertz CT molecular complexity index is 1620. The van der Waals surface area contributed by atoms with Crippen LogP contribution in [-0.4, -0.2) is 14.5 Å². The zero-order valence-electron chi connectivity index (χ0n) is 17.5. The van der Waals surface area contributed by atoms with Gasteiger partial charge in [-0.2, -0.15) is 45.4 Å². The Hall–Kier alpha value is -3.76. The molecule has 0 fully saturated rings. The minimum absolute atomic E-state index is 0.0114. The smallest absolute Gasteiger partial charge is 0.190 e. The van der Waals surface area contributed by atoms with E-state index in [1.165, 1.54) is 10.6 Å². The third-order valence-corrected chi connectivity index (χ3v) is 7.11. The molecule has 11 heteroatoms. The number of fused-ring (bicyclic) bond motifs is 4. The molecule has 0 unspecified atom stereocenters. The summed E-state index contributed by atoms with van der Waals surface area (Å²) in [6, 6.07) is 10.6. The first-order valence-corrected chi connectivity index (χ1v) is 10.4. The minimum Gasteiger partial charge on any atom is -0.190 e. The molecular weight excluding hydrogens is 460 g/mol. The van der Waals surface area contributed by atoms with Crippen molar-refractivity contribution in [2.75, 3.05) is 0 Å². The Balaban J connectivity index is 1.81. The highest BCUT2D eigenvalue weighted by molar-refractivity contribution is 5.68. The van der Waals surface area contributed by atoms with Crippen molar-refractivity contribution in [2.24, 2.45) is 0 Å². The van der Waals surface area contributed by atoms with Gasteiger partial charge in [0.05, 0.1) is 0 Å². The van der Waals surface area contributed by atoms with Gasteiger partial charge >= 0.3 is 17.7 Å². The van der Waals surface area contributed by atoms with Crippen molar-refractivity contribution >= 4 is 0 Å². The maximum atomic E-state index is 15.6. The van der Waals surface area contributed by atoms with Gasteiger partial charge < -0.3 is 0 Å². The van der Waals surface area contributed by atoms with Crippen LogP contribution in [0.3, 0.4) is 0 Å². The monoisotopic (exact) mass is 473 g/mol. The van der Waals surface area contributed by atoms with Gasteiger partial charge in [0, 0.05) is 24.3 Å². The van der Waals surface area contributed by atoms with Crippen molar-refractivity contribution in [3.63, 3.8) is 0 Å². The number of rotatable bonds is 0. The Kier molecular flexibility index (Phi) is 3.17. The van der Waals surface area contributed by atoms with Crippen LogP contribution in [0, 0.1) is 17.8 Å².